The zero-order valence-electron chi connectivity index (χ0n) is 67.5. The highest BCUT2D eigenvalue weighted by atomic mass is 79.9. The summed E-state index contributed by atoms with van der Waals surface area (Å²) in [6.07, 6.45) is 0. The van der Waals surface area contributed by atoms with Gasteiger partial charge in [0.1, 0.15) is 0 Å². The van der Waals surface area contributed by atoms with Gasteiger partial charge in [0, 0.05) is 62.4 Å². The summed E-state index contributed by atoms with van der Waals surface area (Å²) in [7, 11) is 0. The normalized spacial score (nSPS) is 11.7. The SMILES string of the molecule is Brc1cc2ccc3cc(-c4ccc5ccccc5c4)cc4ccc(c1)c2c34.Brc1cc2ccc3cc(-c4nc(-c5ccccc5)nc(-c5ccccc5)n4)cc4ccc(c1)c2c34.Brc1ccc2ccc3c(-c4cccc(-c5ccccc5)n4)ccc4ccc1c2c43.Brc1ccc2ccc3cc(-c4nc(-c5ccccc5)cc(-c5ccccc5)n4)cc4ccc1c2c34. The minimum absolute atomic E-state index is 0.671. The first-order valence-electron chi connectivity index (χ1n) is 41.9. The van der Waals surface area contributed by atoms with E-state index >= 15 is 0 Å². The maximum Gasteiger partial charge on any atom is 0.164 e. The lowest BCUT2D eigenvalue weighted by atomic mass is 9.91. The zero-order chi connectivity index (χ0) is 84.0. The molecule has 3 aromatic heterocycles. The molecular weight excluding hydrogens is 1800 g/mol. The van der Waals surface area contributed by atoms with Gasteiger partial charge >= 0.3 is 0 Å². The number of aromatic nitrogens is 6. The predicted molar refractivity (Wildman–Crippen MR) is 545 cm³/mol. The van der Waals surface area contributed by atoms with Crippen molar-refractivity contribution in [2.24, 2.45) is 0 Å². The average Bonchev–Trinajstić information content (AvgIpc) is 0.750. The first kappa shape index (κ1) is 76.5. The van der Waals surface area contributed by atoms with Crippen LogP contribution in [0.2, 0.25) is 0 Å². The quantitative estimate of drug-likeness (QED) is 0.134. The fourth-order valence-electron chi connectivity index (χ4n) is 18.5. The standard InChI is InChI=1S/C32H19BrN2.C31H18BrN3.C27H16BrN.C26H15Br/c33-27-16-14-22-11-12-23-17-25(18-24-13-15-26(27)31(22)30(23)24)32-34-28(20-7-3-1-4-8-20)19-29(35-32)21-9-5-2-6-10-21;32-26-17-23-13-11-21-15-25(16-22-12-14-24(18-26)28(23)27(21)22)31-34-29(19-7-3-1-4-8-19)33-30(35-31)20-9-5-2-6-10-20;28-23-16-12-19-10-14-21-20(13-9-18-11-15-22(23)27(19)26(18)21)25-8-4-7-24(29-25)17-5-2-1-3-6-17;27-24-14-21-9-7-19-12-23(13-20-8-10-22(15-24)26(21)25(19)20)18-6-5-16-3-1-2-4-17(16)11-18/h1-19H;1-18H;1-16H;1-15H. The van der Waals surface area contributed by atoms with Gasteiger partial charge in [-0.2, -0.15) is 0 Å². The minimum atomic E-state index is 0.671. The number of hydrogen-bond acceptors (Lipinski definition) is 6. The molecule has 6 nitrogen and oxygen atoms in total. The van der Waals surface area contributed by atoms with Crippen LogP contribution in [0.5, 0.6) is 0 Å². The van der Waals surface area contributed by atoms with E-state index in [0.29, 0.717) is 17.5 Å². The maximum atomic E-state index is 5.03. The van der Waals surface area contributed by atoms with Gasteiger partial charge in [-0.05, 0) is 248 Å². The van der Waals surface area contributed by atoms with Crippen molar-refractivity contribution in [1.29, 1.82) is 0 Å². The molecule has 26 aromatic rings. The molecular formula is C116H68Br4N6. The Morgan fingerprint density at radius 2 is 0.437 bits per heavy atom. The number of nitrogens with zero attached hydrogens (tertiary/aromatic N) is 6. The Hall–Kier alpha value is -14.4. The van der Waals surface area contributed by atoms with E-state index in [2.05, 4.69) is 373 Å². The molecule has 0 radical (unpaired) electrons. The third-order valence-electron chi connectivity index (χ3n) is 24.4. The van der Waals surface area contributed by atoms with Crippen molar-refractivity contribution in [3.05, 3.63) is 430 Å². The van der Waals surface area contributed by atoms with Crippen molar-refractivity contribution in [2.45, 2.75) is 0 Å². The van der Waals surface area contributed by atoms with Crippen molar-refractivity contribution >= 4 is 204 Å². The second-order valence-corrected chi connectivity index (χ2v) is 35.6. The van der Waals surface area contributed by atoms with Crippen LogP contribution in [-0.2, 0) is 0 Å². The van der Waals surface area contributed by atoms with E-state index in [9.17, 15) is 0 Å². The molecule has 0 atom stereocenters. The molecule has 3 heterocycles. The summed E-state index contributed by atoms with van der Waals surface area (Å²) in [5, 5.41) is 33.0. The summed E-state index contributed by atoms with van der Waals surface area (Å²) >= 11 is 14.7. The lowest BCUT2D eigenvalue weighted by molar-refractivity contribution is 1.07. The molecule has 0 fully saturated rings. The number of fused-ring (bicyclic) bond motifs is 1. The molecule has 0 amide bonds. The average molecular weight is 1870 g/mol. The summed E-state index contributed by atoms with van der Waals surface area (Å²) < 4.78 is 4.48. The van der Waals surface area contributed by atoms with E-state index in [0.717, 1.165) is 85.4 Å². The van der Waals surface area contributed by atoms with Crippen molar-refractivity contribution in [2.75, 3.05) is 0 Å². The second-order valence-electron chi connectivity index (χ2n) is 32.1. The molecule has 0 bridgehead atoms. The monoisotopic (exact) mass is 1860 g/mol. The van der Waals surface area contributed by atoms with Crippen LogP contribution >= 0.6 is 63.7 Å². The number of halogens is 4. The molecule has 0 saturated heterocycles. The van der Waals surface area contributed by atoms with Crippen molar-refractivity contribution < 1.29 is 0 Å². The van der Waals surface area contributed by atoms with Gasteiger partial charge in [0.15, 0.2) is 23.3 Å². The van der Waals surface area contributed by atoms with E-state index in [1.54, 1.807) is 0 Å². The fourth-order valence-corrected chi connectivity index (χ4v) is 20.5. The van der Waals surface area contributed by atoms with Crippen LogP contribution in [0, 0.1) is 0 Å². The summed E-state index contributed by atoms with van der Waals surface area (Å²) in [6, 6.07) is 146. The molecule has 126 heavy (non-hydrogen) atoms. The van der Waals surface area contributed by atoms with Gasteiger partial charge in [0.2, 0.25) is 0 Å². The molecule has 0 unspecified atom stereocenters. The summed E-state index contributed by atoms with van der Waals surface area (Å²) in [5.41, 5.74) is 14.8. The maximum absolute atomic E-state index is 5.03. The highest BCUT2D eigenvalue weighted by Gasteiger charge is 2.22. The molecule has 0 N–H and O–H groups in total. The number of pyridine rings is 1. The minimum Gasteiger partial charge on any atom is -0.248 e. The molecule has 590 valence electrons. The van der Waals surface area contributed by atoms with Gasteiger partial charge in [0.25, 0.3) is 0 Å². The van der Waals surface area contributed by atoms with Crippen molar-refractivity contribution in [3.63, 3.8) is 0 Å². The molecule has 23 aromatic carbocycles. The summed E-state index contributed by atoms with van der Waals surface area (Å²) in [6.45, 7) is 0. The van der Waals surface area contributed by atoms with Gasteiger partial charge < -0.3 is 0 Å². The van der Waals surface area contributed by atoms with Crippen LogP contribution in [0.1, 0.15) is 0 Å². The first-order chi connectivity index (χ1) is 62.0. The topological polar surface area (TPSA) is 77.3 Å². The van der Waals surface area contributed by atoms with E-state index in [1.165, 1.54) is 157 Å². The van der Waals surface area contributed by atoms with Crippen LogP contribution < -0.4 is 0 Å². The molecule has 0 saturated carbocycles. The van der Waals surface area contributed by atoms with Gasteiger partial charge in [-0.25, -0.2) is 29.9 Å². The van der Waals surface area contributed by atoms with E-state index < -0.39 is 0 Å². The van der Waals surface area contributed by atoms with Crippen LogP contribution in [-0.4, -0.2) is 29.9 Å². The fraction of sp³-hybridized carbons (Fsp3) is 0. The Morgan fingerprint density at radius 1 is 0.143 bits per heavy atom. The van der Waals surface area contributed by atoms with Gasteiger partial charge in [-0.1, -0.05) is 379 Å². The summed E-state index contributed by atoms with van der Waals surface area (Å²) in [5.74, 6) is 2.75. The molecule has 0 aliphatic heterocycles. The van der Waals surface area contributed by atoms with E-state index in [4.69, 9.17) is 29.9 Å². The third-order valence-corrected chi connectivity index (χ3v) is 26.7. The largest absolute Gasteiger partial charge is 0.248 e. The Labute approximate surface area is 759 Å². The number of benzene rings is 23. The number of hydrogen-bond donors (Lipinski definition) is 0. The molecule has 0 aliphatic carbocycles. The highest BCUT2D eigenvalue weighted by molar-refractivity contribution is 9.11. The highest BCUT2D eigenvalue weighted by Crippen LogP contribution is 2.46. The van der Waals surface area contributed by atoms with Gasteiger partial charge in [-0.15, -0.1) is 0 Å². The van der Waals surface area contributed by atoms with E-state index in [-0.39, 0.29) is 0 Å². The van der Waals surface area contributed by atoms with Crippen LogP contribution in [0.15, 0.2) is 430 Å². The van der Waals surface area contributed by atoms with Crippen molar-refractivity contribution in [3.8, 4) is 102 Å². The third kappa shape index (κ3) is 14.1. The molecule has 26 rings (SSSR count). The summed E-state index contributed by atoms with van der Waals surface area (Å²) in [4.78, 5) is 29.7. The molecule has 0 spiro atoms. The Morgan fingerprint density at radius 3 is 0.889 bits per heavy atom. The Balaban J connectivity index is 0.0000000971. The number of rotatable bonds is 9. The molecule has 0 aliphatic rings. The van der Waals surface area contributed by atoms with Crippen molar-refractivity contribution in [1.82, 2.24) is 29.9 Å². The first-order valence-corrected chi connectivity index (χ1v) is 45.1. The lowest BCUT2D eigenvalue weighted by Gasteiger charge is -2.15. The zero-order valence-corrected chi connectivity index (χ0v) is 73.8. The van der Waals surface area contributed by atoms with E-state index in [1.807, 2.05) is 103 Å². The Kier molecular flexibility index (Phi) is 19.5. The second kappa shape index (κ2) is 32.1. The van der Waals surface area contributed by atoms with Crippen LogP contribution in [0.4, 0.5) is 0 Å². The van der Waals surface area contributed by atoms with Crippen LogP contribution in [0.3, 0.4) is 0 Å². The van der Waals surface area contributed by atoms with Gasteiger partial charge in [0.05, 0.1) is 22.8 Å². The smallest absolute Gasteiger partial charge is 0.164 e. The Bertz CT molecular complexity index is 8430. The predicted octanol–water partition coefficient (Wildman–Crippen LogP) is 33.9. The molecule has 10 heteroatoms. The van der Waals surface area contributed by atoms with Crippen LogP contribution in [0.25, 0.3) is 242 Å². The van der Waals surface area contributed by atoms with Gasteiger partial charge in [-0.3, -0.25) is 0 Å². The lowest BCUT2D eigenvalue weighted by Crippen LogP contribution is -2.00.